The number of benzene rings is 2. The van der Waals surface area contributed by atoms with Gasteiger partial charge in [-0.05, 0) is 62.1 Å². The van der Waals surface area contributed by atoms with E-state index in [0.29, 0.717) is 11.6 Å². The predicted molar refractivity (Wildman–Crippen MR) is 94.2 cm³/mol. The molecule has 0 aliphatic heterocycles. The summed E-state index contributed by atoms with van der Waals surface area (Å²) < 4.78 is 5.78. The Morgan fingerprint density at radius 3 is 2.57 bits per heavy atom. The van der Waals surface area contributed by atoms with Crippen LogP contribution in [0.1, 0.15) is 23.6 Å². The number of rotatable bonds is 6. The summed E-state index contributed by atoms with van der Waals surface area (Å²) in [4.78, 5) is 12.1. The van der Waals surface area contributed by atoms with Crippen LogP contribution in [0.3, 0.4) is 0 Å². The molecule has 3 nitrogen and oxygen atoms in total. The number of hydrogen-bond donors (Lipinski definition) is 1. The first-order chi connectivity index (χ1) is 11.0. The molecule has 0 saturated heterocycles. The fourth-order valence-corrected chi connectivity index (χ4v) is 2.35. The van der Waals surface area contributed by atoms with E-state index in [1.165, 1.54) is 0 Å². The molecule has 2 aromatic rings. The quantitative estimate of drug-likeness (QED) is 0.866. The van der Waals surface area contributed by atoms with Gasteiger partial charge in [0.05, 0.1) is 0 Å². The third-order valence-electron chi connectivity index (χ3n) is 3.85. The van der Waals surface area contributed by atoms with E-state index in [2.05, 4.69) is 5.32 Å². The lowest BCUT2D eigenvalue weighted by Gasteiger charge is -2.17. The van der Waals surface area contributed by atoms with Gasteiger partial charge in [-0.15, -0.1) is 0 Å². The van der Waals surface area contributed by atoms with Gasteiger partial charge in [-0.25, -0.2) is 0 Å². The van der Waals surface area contributed by atoms with Crippen LogP contribution in [0.5, 0.6) is 5.75 Å². The molecule has 122 valence electrons. The fourth-order valence-electron chi connectivity index (χ4n) is 2.22. The molecule has 0 fully saturated rings. The molecule has 1 amide bonds. The van der Waals surface area contributed by atoms with Crippen LogP contribution in [0, 0.1) is 13.8 Å². The number of carbonyl (C=O) groups is 1. The molecule has 2 rings (SSSR count). The molecule has 0 aromatic heterocycles. The highest BCUT2D eigenvalue weighted by molar-refractivity contribution is 6.30. The van der Waals surface area contributed by atoms with E-state index < -0.39 is 6.10 Å². The molecule has 2 aromatic carbocycles. The number of aryl methyl sites for hydroxylation is 1. The Morgan fingerprint density at radius 2 is 1.87 bits per heavy atom. The van der Waals surface area contributed by atoms with Gasteiger partial charge in [-0.1, -0.05) is 35.9 Å². The van der Waals surface area contributed by atoms with Crippen LogP contribution in [0.15, 0.2) is 42.5 Å². The molecule has 0 aliphatic carbocycles. The second-order valence-corrected chi connectivity index (χ2v) is 6.06. The zero-order valence-corrected chi connectivity index (χ0v) is 14.5. The Bertz CT molecular complexity index is 668. The smallest absolute Gasteiger partial charge is 0.260 e. The highest BCUT2D eigenvalue weighted by atomic mass is 35.5. The molecule has 0 aliphatic rings. The number of nitrogens with one attached hydrogen (secondary N) is 1. The van der Waals surface area contributed by atoms with E-state index in [-0.39, 0.29) is 5.91 Å². The molecule has 1 atom stereocenters. The monoisotopic (exact) mass is 331 g/mol. The van der Waals surface area contributed by atoms with Gasteiger partial charge in [-0.3, -0.25) is 4.79 Å². The lowest BCUT2D eigenvalue weighted by atomic mass is 10.1. The lowest BCUT2D eigenvalue weighted by Crippen LogP contribution is -2.37. The zero-order chi connectivity index (χ0) is 16.8. The molecule has 0 heterocycles. The molecule has 4 heteroatoms. The van der Waals surface area contributed by atoms with Crippen LogP contribution in [0.2, 0.25) is 5.02 Å². The fraction of sp³-hybridized carbons (Fsp3) is 0.316. The van der Waals surface area contributed by atoms with Gasteiger partial charge in [0.25, 0.3) is 5.91 Å². The first kappa shape index (κ1) is 17.4. The van der Waals surface area contributed by atoms with Crippen molar-refractivity contribution >= 4 is 17.5 Å². The SMILES string of the molecule is Cc1cccc(O[C@@H](C)C(=O)NCCc2ccc(Cl)cc2)c1C. The molecule has 1 N–H and O–H groups in total. The number of halogens is 1. The highest BCUT2D eigenvalue weighted by Crippen LogP contribution is 2.21. The van der Waals surface area contributed by atoms with Gasteiger partial charge in [-0.2, -0.15) is 0 Å². The van der Waals surface area contributed by atoms with Crippen LogP contribution in [0.4, 0.5) is 0 Å². The van der Waals surface area contributed by atoms with Gasteiger partial charge < -0.3 is 10.1 Å². The van der Waals surface area contributed by atoms with E-state index in [9.17, 15) is 4.79 Å². The van der Waals surface area contributed by atoms with Crippen molar-refractivity contribution in [3.8, 4) is 5.75 Å². The molecule has 0 spiro atoms. The average Bonchev–Trinajstić information content (AvgIpc) is 2.53. The van der Waals surface area contributed by atoms with Crippen molar-refractivity contribution in [3.05, 3.63) is 64.2 Å². The second kappa shape index (κ2) is 8.02. The summed E-state index contributed by atoms with van der Waals surface area (Å²) in [6.07, 6.45) is 0.236. The minimum Gasteiger partial charge on any atom is -0.481 e. The Morgan fingerprint density at radius 1 is 1.17 bits per heavy atom. The Hall–Kier alpha value is -2.00. The first-order valence-electron chi connectivity index (χ1n) is 7.72. The van der Waals surface area contributed by atoms with Gasteiger partial charge in [0.15, 0.2) is 6.10 Å². The van der Waals surface area contributed by atoms with Crippen LogP contribution in [0.25, 0.3) is 0 Å². The summed E-state index contributed by atoms with van der Waals surface area (Å²) in [6, 6.07) is 13.5. The highest BCUT2D eigenvalue weighted by Gasteiger charge is 2.15. The van der Waals surface area contributed by atoms with Crippen molar-refractivity contribution in [2.45, 2.75) is 33.3 Å². The molecule has 23 heavy (non-hydrogen) atoms. The van der Waals surface area contributed by atoms with Crippen LogP contribution in [-0.4, -0.2) is 18.6 Å². The summed E-state index contributed by atoms with van der Waals surface area (Å²) >= 11 is 5.85. The van der Waals surface area contributed by atoms with Crippen molar-refractivity contribution in [1.29, 1.82) is 0 Å². The molecule has 0 unspecified atom stereocenters. The molecule has 0 saturated carbocycles. The first-order valence-corrected chi connectivity index (χ1v) is 8.10. The summed E-state index contributed by atoms with van der Waals surface area (Å²) in [5, 5.41) is 3.62. The van der Waals surface area contributed by atoms with E-state index in [1.54, 1.807) is 6.92 Å². The standard InChI is InChI=1S/C19H22ClNO2/c1-13-5-4-6-18(14(13)2)23-15(3)19(22)21-12-11-16-7-9-17(20)10-8-16/h4-10,15H,11-12H2,1-3H3,(H,21,22)/t15-/m0/s1. The Kier molecular flexibility index (Phi) is 6.05. The van der Waals surface area contributed by atoms with E-state index in [4.69, 9.17) is 16.3 Å². The molecular formula is C19H22ClNO2. The zero-order valence-electron chi connectivity index (χ0n) is 13.7. The number of carbonyl (C=O) groups excluding carboxylic acids is 1. The summed E-state index contributed by atoms with van der Waals surface area (Å²) in [6.45, 7) is 6.36. The van der Waals surface area contributed by atoms with Gasteiger partial charge >= 0.3 is 0 Å². The van der Waals surface area contributed by atoms with Gasteiger partial charge in [0.1, 0.15) is 5.75 Å². The average molecular weight is 332 g/mol. The van der Waals surface area contributed by atoms with E-state index in [1.807, 2.05) is 56.3 Å². The minimum absolute atomic E-state index is 0.111. The topological polar surface area (TPSA) is 38.3 Å². The summed E-state index contributed by atoms with van der Waals surface area (Å²) in [5.74, 6) is 0.644. The molecule has 0 bridgehead atoms. The normalized spacial score (nSPS) is 11.8. The molecule has 0 radical (unpaired) electrons. The Balaban J connectivity index is 1.83. The lowest BCUT2D eigenvalue weighted by molar-refractivity contribution is -0.127. The maximum atomic E-state index is 12.1. The minimum atomic E-state index is -0.527. The van der Waals surface area contributed by atoms with Crippen molar-refractivity contribution in [2.75, 3.05) is 6.54 Å². The Labute approximate surface area is 142 Å². The summed E-state index contributed by atoms with van der Waals surface area (Å²) in [5.41, 5.74) is 3.35. The number of ether oxygens (including phenoxy) is 1. The number of hydrogen-bond acceptors (Lipinski definition) is 2. The van der Waals surface area contributed by atoms with Crippen LogP contribution >= 0.6 is 11.6 Å². The predicted octanol–water partition coefficient (Wildman–Crippen LogP) is 4.08. The third kappa shape index (κ3) is 5.00. The van der Waals surface area contributed by atoms with Gasteiger partial charge in [0.2, 0.25) is 0 Å². The summed E-state index contributed by atoms with van der Waals surface area (Å²) in [7, 11) is 0. The van der Waals surface area contributed by atoms with Crippen molar-refractivity contribution < 1.29 is 9.53 Å². The van der Waals surface area contributed by atoms with E-state index >= 15 is 0 Å². The number of amides is 1. The van der Waals surface area contributed by atoms with Crippen LogP contribution in [-0.2, 0) is 11.2 Å². The maximum absolute atomic E-state index is 12.1. The van der Waals surface area contributed by atoms with Gasteiger partial charge in [0, 0.05) is 11.6 Å². The molecular weight excluding hydrogens is 310 g/mol. The van der Waals surface area contributed by atoms with Crippen molar-refractivity contribution in [1.82, 2.24) is 5.32 Å². The van der Waals surface area contributed by atoms with Crippen molar-refractivity contribution in [3.63, 3.8) is 0 Å². The largest absolute Gasteiger partial charge is 0.481 e. The maximum Gasteiger partial charge on any atom is 0.260 e. The van der Waals surface area contributed by atoms with Crippen molar-refractivity contribution in [2.24, 2.45) is 0 Å². The second-order valence-electron chi connectivity index (χ2n) is 5.63. The van der Waals surface area contributed by atoms with E-state index in [0.717, 1.165) is 28.9 Å². The third-order valence-corrected chi connectivity index (χ3v) is 4.11. The van der Waals surface area contributed by atoms with Crippen LogP contribution < -0.4 is 10.1 Å².